The van der Waals surface area contributed by atoms with Gasteiger partial charge in [0.1, 0.15) is 11.4 Å². The van der Waals surface area contributed by atoms with E-state index in [1.165, 1.54) is 21.9 Å². The fourth-order valence-electron chi connectivity index (χ4n) is 6.56. The van der Waals surface area contributed by atoms with Gasteiger partial charge in [0, 0.05) is 40.3 Å². The van der Waals surface area contributed by atoms with Crippen molar-refractivity contribution in [1.29, 1.82) is 0 Å². The van der Waals surface area contributed by atoms with Gasteiger partial charge in [-0.15, -0.1) is 0 Å². The van der Waals surface area contributed by atoms with Crippen molar-refractivity contribution >= 4 is 18.9 Å². The van der Waals surface area contributed by atoms with Crippen molar-refractivity contribution in [2.75, 3.05) is 0 Å². The highest BCUT2D eigenvalue weighted by molar-refractivity contribution is 6.88. The van der Waals surface area contributed by atoms with Gasteiger partial charge in [0.2, 0.25) is 0 Å². The lowest BCUT2D eigenvalue weighted by atomic mass is 9.78. The fourth-order valence-corrected chi connectivity index (χ4v) is 7.59. The Kier molecular flexibility index (Phi) is 9.38. The monoisotopic (exact) mass is 673 g/mol. The lowest BCUT2D eigenvalue weighted by molar-refractivity contribution is 0.446. The van der Waals surface area contributed by atoms with E-state index in [4.69, 9.17) is 9.97 Å². The molecule has 0 atom stereocenters. The van der Waals surface area contributed by atoms with E-state index < -0.39 is 8.07 Å². The van der Waals surface area contributed by atoms with Crippen LogP contribution in [0, 0.1) is 12.8 Å². The van der Waals surface area contributed by atoms with Crippen molar-refractivity contribution in [3.8, 4) is 39.4 Å². The molecule has 5 rings (SSSR count). The molecule has 3 heterocycles. The van der Waals surface area contributed by atoms with E-state index in [2.05, 4.69) is 168 Å². The van der Waals surface area contributed by atoms with Crippen molar-refractivity contribution in [3.63, 3.8) is 0 Å². The summed E-state index contributed by atoms with van der Waals surface area (Å²) in [4.78, 5) is 10.4. The minimum absolute atomic E-state index is 0.0616. The molecule has 260 valence electrons. The number of pyridine rings is 2. The van der Waals surface area contributed by atoms with Crippen LogP contribution in [0.2, 0.25) is 19.6 Å². The second-order valence-electron chi connectivity index (χ2n) is 18.8. The number of hydrogen-bond donors (Lipinski definition) is 1. The smallest absolute Gasteiger partial charge is 0.145 e. The van der Waals surface area contributed by atoms with Crippen LogP contribution in [-0.4, -0.2) is 27.5 Å². The highest BCUT2D eigenvalue weighted by Crippen LogP contribution is 2.44. The van der Waals surface area contributed by atoms with Crippen LogP contribution in [0.5, 0.6) is 5.75 Å². The minimum Gasteiger partial charge on any atom is -0.507 e. The normalized spacial score (nSPS) is 13.1. The quantitative estimate of drug-likeness (QED) is 0.183. The van der Waals surface area contributed by atoms with Gasteiger partial charge >= 0.3 is 0 Å². The minimum atomic E-state index is -1.47. The predicted molar refractivity (Wildman–Crippen MR) is 213 cm³/mol. The Morgan fingerprint density at radius 2 is 1.37 bits per heavy atom. The van der Waals surface area contributed by atoms with E-state index in [9.17, 15) is 5.11 Å². The van der Waals surface area contributed by atoms with Gasteiger partial charge in [-0.2, -0.15) is 0 Å². The van der Waals surface area contributed by atoms with Crippen LogP contribution < -0.4 is 5.19 Å². The van der Waals surface area contributed by atoms with Gasteiger partial charge in [0.05, 0.1) is 19.5 Å². The summed E-state index contributed by atoms with van der Waals surface area (Å²) in [5.41, 5.74) is 12.2. The zero-order valence-corrected chi connectivity index (χ0v) is 33.8. The second-order valence-corrected chi connectivity index (χ2v) is 23.8. The lowest BCUT2D eigenvalue weighted by Gasteiger charge is -2.27. The number of nitrogens with zero attached hydrogens (tertiary/aromatic N) is 3. The van der Waals surface area contributed by atoms with E-state index in [0.29, 0.717) is 11.7 Å². The molecule has 0 amide bonds. The molecule has 49 heavy (non-hydrogen) atoms. The Balaban J connectivity index is 1.83. The van der Waals surface area contributed by atoms with Crippen molar-refractivity contribution in [1.82, 2.24) is 14.4 Å². The van der Waals surface area contributed by atoms with Crippen LogP contribution in [0.25, 0.3) is 39.3 Å². The number of imidazole rings is 1. The average Bonchev–Trinajstić information content (AvgIpc) is 3.30. The summed E-state index contributed by atoms with van der Waals surface area (Å²) in [5.74, 6) is 0.821. The molecular weight excluding hydrogens is 615 g/mol. The first-order chi connectivity index (χ1) is 22.4. The maximum Gasteiger partial charge on any atom is 0.145 e. The molecule has 5 heteroatoms. The summed E-state index contributed by atoms with van der Waals surface area (Å²) < 4.78 is 2.26. The van der Waals surface area contributed by atoms with Gasteiger partial charge in [-0.05, 0) is 93.3 Å². The molecule has 0 aliphatic rings. The lowest BCUT2D eigenvalue weighted by Crippen LogP contribution is -2.37. The summed E-state index contributed by atoms with van der Waals surface area (Å²) in [6.07, 6.45) is 5.30. The third kappa shape index (κ3) is 7.57. The standard InChI is InChI=1S/C44H59N3OSi/c1-27(2)18-29-19-35(30-20-31(22-32(21-30)42(4,5)6)38-17-16-34(25-45-38)49(13,14)15)41-46-39(28(3)47(41)26-29)36-23-33(43(7,8)9)24-37(40(36)48)44(10,11)12/h16-17,19-27,48H,18H2,1-15H3. The van der Waals surface area contributed by atoms with E-state index in [1.54, 1.807) is 0 Å². The molecule has 0 aliphatic heterocycles. The zero-order valence-electron chi connectivity index (χ0n) is 32.8. The summed E-state index contributed by atoms with van der Waals surface area (Å²) in [7, 11) is -1.47. The van der Waals surface area contributed by atoms with E-state index in [-0.39, 0.29) is 16.2 Å². The molecule has 5 aromatic rings. The number of aryl methyl sites for hydroxylation is 1. The van der Waals surface area contributed by atoms with E-state index >= 15 is 0 Å². The summed E-state index contributed by atoms with van der Waals surface area (Å²) in [6, 6.07) is 18.1. The fraction of sp³-hybridized carbons (Fsp3) is 0.455. The highest BCUT2D eigenvalue weighted by Gasteiger charge is 2.28. The number of aromatic nitrogens is 3. The molecule has 0 saturated carbocycles. The van der Waals surface area contributed by atoms with Crippen LogP contribution >= 0.6 is 0 Å². The van der Waals surface area contributed by atoms with Crippen molar-refractivity contribution in [2.24, 2.45) is 5.92 Å². The topological polar surface area (TPSA) is 50.4 Å². The average molecular weight is 674 g/mol. The van der Waals surface area contributed by atoms with Gasteiger partial charge < -0.3 is 9.51 Å². The maximum atomic E-state index is 11.9. The number of rotatable bonds is 6. The zero-order chi connectivity index (χ0) is 36.4. The maximum absolute atomic E-state index is 11.9. The van der Waals surface area contributed by atoms with Crippen LogP contribution in [0.1, 0.15) is 104 Å². The number of fused-ring (bicyclic) bond motifs is 1. The van der Waals surface area contributed by atoms with Crippen LogP contribution in [-0.2, 0) is 22.7 Å². The van der Waals surface area contributed by atoms with Crippen molar-refractivity contribution < 1.29 is 5.11 Å². The molecule has 0 unspecified atom stereocenters. The molecule has 4 nitrogen and oxygen atoms in total. The van der Waals surface area contributed by atoms with Gasteiger partial charge in [-0.3, -0.25) is 4.98 Å². The molecule has 0 saturated heterocycles. The van der Waals surface area contributed by atoms with Crippen molar-refractivity contribution in [2.45, 2.75) is 125 Å². The summed E-state index contributed by atoms with van der Waals surface area (Å²) >= 11 is 0. The molecule has 0 spiro atoms. The molecule has 0 bridgehead atoms. The number of phenols is 1. The Labute approximate surface area is 297 Å². The molecule has 1 N–H and O–H groups in total. The van der Waals surface area contributed by atoms with Gasteiger partial charge in [-0.1, -0.05) is 114 Å². The predicted octanol–water partition coefficient (Wildman–Crippen LogP) is 11.4. The van der Waals surface area contributed by atoms with Crippen LogP contribution in [0.4, 0.5) is 0 Å². The highest BCUT2D eigenvalue weighted by atomic mass is 28.3. The first-order valence-electron chi connectivity index (χ1n) is 18.0. The largest absolute Gasteiger partial charge is 0.507 e. The van der Waals surface area contributed by atoms with E-state index in [0.717, 1.165) is 57.0 Å². The first kappa shape index (κ1) is 36.6. The SMILES string of the molecule is Cc1c(-c2cc(C(C)(C)C)cc(C(C)(C)C)c2O)nc2c(-c3cc(-c4ccc([Si](C)(C)C)cn4)cc(C(C)(C)C)c3)cc(CC(C)C)cn12. The number of benzene rings is 2. The van der Waals surface area contributed by atoms with Crippen molar-refractivity contribution in [3.05, 3.63) is 88.9 Å². The first-order valence-corrected chi connectivity index (χ1v) is 21.5. The third-order valence-electron chi connectivity index (χ3n) is 9.73. The summed E-state index contributed by atoms with van der Waals surface area (Å²) in [6.45, 7) is 33.8. The van der Waals surface area contributed by atoms with Crippen LogP contribution in [0.3, 0.4) is 0 Å². The Hall–Kier alpha value is -3.70. The van der Waals surface area contributed by atoms with Gasteiger partial charge in [0.25, 0.3) is 0 Å². The Morgan fingerprint density at radius 3 is 1.90 bits per heavy atom. The molecule has 0 radical (unpaired) electrons. The third-order valence-corrected chi connectivity index (χ3v) is 11.8. The summed E-state index contributed by atoms with van der Waals surface area (Å²) in [5, 5.41) is 13.2. The molecular formula is C44H59N3OSi. The number of hydrogen-bond acceptors (Lipinski definition) is 3. The molecule has 2 aromatic carbocycles. The Morgan fingerprint density at radius 1 is 0.755 bits per heavy atom. The molecule has 0 fully saturated rings. The van der Waals surface area contributed by atoms with Gasteiger partial charge in [0.15, 0.2) is 0 Å². The second kappa shape index (κ2) is 12.6. The van der Waals surface area contributed by atoms with Gasteiger partial charge in [-0.25, -0.2) is 4.98 Å². The molecule has 0 aliphatic carbocycles. The number of phenolic OH excluding ortho intramolecular Hbond substituents is 1. The Bertz CT molecular complexity index is 2000. The number of aromatic hydroxyl groups is 1. The van der Waals surface area contributed by atoms with Crippen LogP contribution in [0.15, 0.2) is 60.9 Å². The molecule has 3 aromatic heterocycles. The van der Waals surface area contributed by atoms with E-state index in [1.807, 2.05) is 0 Å².